The fraction of sp³-hybridized carbons (Fsp3) is 0.758. The van der Waals surface area contributed by atoms with Crippen molar-refractivity contribution in [2.24, 2.45) is 0 Å². The third-order valence-electron chi connectivity index (χ3n) is 7.00. The fourth-order valence-electron chi connectivity index (χ4n) is 4.60. The zero-order valence-corrected chi connectivity index (χ0v) is 24.7. The summed E-state index contributed by atoms with van der Waals surface area (Å²) in [7, 11) is 0. The molecule has 38 heavy (non-hydrogen) atoms. The van der Waals surface area contributed by atoms with E-state index in [1.165, 1.54) is 96.3 Å². The van der Waals surface area contributed by atoms with Crippen molar-refractivity contribution >= 4 is 6.09 Å². The maximum absolute atomic E-state index is 11.9. The molecule has 1 amide bonds. The minimum absolute atomic E-state index is 0.218. The molecule has 5 nitrogen and oxygen atoms in total. The van der Waals surface area contributed by atoms with Crippen LogP contribution in [-0.4, -0.2) is 32.5 Å². The average molecular weight is 532 g/mol. The molecule has 0 aliphatic heterocycles. The molecule has 0 aliphatic carbocycles. The lowest BCUT2D eigenvalue weighted by Gasteiger charge is -2.09. The van der Waals surface area contributed by atoms with Crippen molar-refractivity contribution < 1.29 is 18.8 Å². The molecule has 0 bridgehead atoms. The minimum Gasteiger partial charge on any atom is -0.445 e. The SMILES string of the molecule is C=C(COCCCCC[n+]1ccccc1)COC(=O)NCCCCCCCCCCCCCCCCCC. The number of pyridine rings is 1. The number of nitrogens with zero attached hydrogens (tertiary/aromatic N) is 1. The van der Waals surface area contributed by atoms with E-state index in [4.69, 9.17) is 9.47 Å². The smallest absolute Gasteiger partial charge is 0.407 e. The molecule has 218 valence electrons. The molecule has 1 rings (SSSR count). The molecule has 0 saturated carbocycles. The van der Waals surface area contributed by atoms with Gasteiger partial charge >= 0.3 is 6.09 Å². The normalized spacial score (nSPS) is 11.0. The Labute approximate surface area is 234 Å². The summed E-state index contributed by atoms with van der Waals surface area (Å²) in [6.07, 6.45) is 28.8. The number of hydrogen-bond acceptors (Lipinski definition) is 3. The number of rotatable bonds is 27. The summed E-state index contributed by atoms with van der Waals surface area (Å²) in [6.45, 7) is 9.32. The van der Waals surface area contributed by atoms with E-state index in [1.54, 1.807) is 0 Å². The first-order chi connectivity index (χ1) is 18.7. The number of alkyl carbamates (subject to hydrolysis) is 1. The minimum atomic E-state index is -0.356. The highest BCUT2D eigenvalue weighted by Crippen LogP contribution is 2.13. The number of hydrogen-bond donors (Lipinski definition) is 1. The molecule has 0 unspecified atom stereocenters. The first-order valence-corrected chi connectivity index (χ1v) is 15.8. The second-order valence-corrected chi connectivity index (χ2v) is 10.8. The van der Waals surface area contributed by atoms with Crippen molar-refractivity contribution in [3.63, 3.8) is 0 Å². The molecule has 0 aliphatic rings. The van der Waals surface area contributed by atoms with E-state index in [-0.39, 0.29) is 12.7 Å². The summed E-state index contributed by atoms with van der Waals surface area (Å²) < 4.78 is 13.1. The molecule has 5 heteroatoms. The molecule has 1 heterocycles. The molecule has 0 saturated heterocycles. The lowest BCUT2D eigenvalue weighted by molar-refractivity contribution is -0.697. The van der Waals surface area contributed by atoms with Crippen LogP contribution in [0, 0.1) is 0 Å². The van der Waals surface area contributed by atoms with E-state index in [1.807, 2.05) is 6.07 Å². The van der Waals surface area contributed by atoms with Gasteiger partial charge in [-0.25, -0.2) is 9.36 Å². The Kier molecular flexibility index (Phi) is 24.0. The second-order valence-electron chi connectivity index (χ2n) is 10.8. The summed E-state index contributed by atoms with van der Waals surface area (Å²) in [5.74, 6) is 0. The molecule has 1 aromatic rings. The topological polar surface area (TPSA) is 51.4 Å². The average Bonchev–Trinajstić information content (AvgIpc) is 2.93. The van der Waals surface area contributed by atoms with E-state index in [0.29, 0.717) is 19.8 Å². The van der Waals surface area contributed by atoms with Gasteiger partial charge in [-0.1, -0.05) is 116 Å². The van der Waals surface area contributed by atoms with E-state index >= 15 is 0 Å². The Bertz CT molecular complexity index is 665. The second kappa shape index (κ2) is 26.7. The van der Waals surface area contributed by atoms with Gasteiger partial charge in [-0.3, -0.25) is 0 Å². The number of aryl methyl sites for hydroxylation is 1. The summed E-state index contributed by atoms with van der Waals surface area (Å²) in [5, 5.41) is 2.85. The van der Waals surface area contributed by atoms with Gasteiger partial charge in [0.2, 0.25) is 0 Å². The zero-order valence-electron chi connectivity index (χ0n) is 24.7. The highest BCUT2D eigenvalue weighted by Gasteiger charge is 2.04. The highest BCUT2D eigenvalue weighted by molar-refractivity contribution is 5.67. The monoisotopic (exact) mass is 531 g/mol. The Hall–Kier alpha value is -1.88. The van der Waals surface area contributed by atoms with Crippen molar-refractivity contribution in [2.75, 3.05) is 26.4 Å². The van der Waals surface area contributed by atoms with Crippen LogP contribution in [0.25, 0.3) is 0 Å². The van der Waals surface area contributed by atoms with Crippen molar-refractivity contribution in [2.45, 2.75) is 135 Å². The van der Waals surface area contributed by atoms with Crippen molar-refractivity contribution in [1.29, 1.82) is 0 Å². The zero-order chi connectivity index (χ0) is 27.4. The van der Waals surface area contributed by atoms with Gasteiger partial charge in [0.15, 0.2) is 12.4 Å². The van der Waals surface area contributed by atoms with Crippen molar-refractivity contribution in [3.05, 3.63) is 42.7 Å². The third-order valence-corrected chi connectivity index (χ3v) is 7.00. The maximum Gasteiger partial charge on any atom is 0.407 e. The molecule has 0 radical (unpaired) electrons. The Morgan fingerprint density at radius 1 is 0.684 bits per heavy atom. The standard InChI is InChI=1S/C33H58N2O3/c1-3-4-5-6-7-8-9-10-11-12-13-14-15-16-17-20-25-34-33(36)38-31-32(2)30-37-29-24-19-23-28-35-26-21-18-22-27-35/h18,21-22,26-27H,2-17,19-20,23-25,28-31H2,1H3/p+1. The van der Waals surface area contributed by atoms with Crippen LogP contribution in [0.3, 0.4) is 0 Å². The molecule has 0 atom stereocenters. The Balaban J connectivity index is 1.76. The number of carbonyl (C=O) groups is 1. The van der Waals surface area contributed by atoms with Crippen LogP contribution >= 0.6 is 0 Å². The van der Waals surface area contributed by atoms with Crippen LogP contribution in [0.4, 0.5) is 4.79 Å². The van der Waals surface area contributed by atoms with E-state index in [9.17, 15) is 4.79 Å². The summed E-state index contributed by atoms with van der Waals surface area (Å²) >= 11 is 0. The molecular weight excluding hydrogens is 472 g/mol. The van der Waals surface area contributed by atoms with Crippen LogP contribution in [0.5, 0.6) is 0 Å². The van der Waals surface area contributed by atoms with Gasteiger partial charge in [-0.15, -0.1) is 0 Å². The van der Waals surface area contributed by atoms with Gasteiger partial charge < -0.3 is 14.8 Å². The number of amides is 1. The van der Waals surface area contributed by atoms with E-state index in [0.717, 1.165) is 37.8 Å². The largest absolute Gasteiger partial charge is 0.445 e. The third kappa shape index (κ3) is 23.3. The first kappa shape index (κ1) is 34.1. The van der Waals surface area contributed by atoms with Gasteiger partial charge in [0.1, 0.15) is 13.2 Å². The Morgan fingerprint density at radius 2 is 1.21 bits per heavy atom. The summed E-state index contributed by atoms with van der Waals surface area (Å²) in [5.41, 5.74) is 0.794. The predicted molar refractivity (Wildman–Crippen MR) is 159 cm³/mol. The number of nitrogens with one attached hydrogen (secondary N) is 1. The molecule has 0 spiro atoms. The lowest BCUT2D eigenvalue weighted by atomic mass is 10.0. The summed E-state index contributed by atoms with van der Waals surface area (Å²) in [6, 6.07) is 6.14. The fourth-order valence-corrected chi connectivity index (χ4v) is 4.60. The van der Waals surface area contributed by atoms with Gasteiger partial charge in [0.05, 0.1) is 6.61 Å². The quantitative estimate of drug-likeness (QED) is 0.0701. The van der Waals surface area contributed by atoms with Crippen LogP contribution < -0.4 is 9.88 Å². The molecule has 0 fully saturated rings. The van der Waals surface area contributed by atoms with Crippen molar-refractivity contribution in [1.82, 2.24) is 5.32 Å². The number of carbonyl (C=O) groups excluding carboxylic acids is 1. The van der Waals surface area contributed by atoms with Crippen molar-refractivity contribution in [3.8, 4) is 0 Å². The van der Waals surface area contributed by atoms with Gasteiger partial charge in [0, 0.05) is 31.7 Å². The van der Waals surface area contributed by atoms with E-state index < -0.39 is 0 Å². The van der Waals surface area contributed by atoms with Crippen LogP contribution in [0.15, 0.2) is 42.7 Å². The molecule has 1 N–H and O–H groups in total. The van der Waals surface area contributed by atoms with E-state index in [2.05, 4.69) is 47.9 Å². The number of ether oxygens (including phenoxy) is 2. The molecule has 1 aromatic heterocycles. The van der Waals surface area contributed by atoms with Gasteiger partial charge in [-0.05, 0) is 24.8 Å². The molecule has 0 aromatic carbocycles. The first-order valence-electron chi connectivity index (χ1n) is 15.8. The van der Waals surface area contributed by atoms with Crippen LogP contribution in [-0.2, 0) is 16.0 Å². The maximum atomic E-state index is 11.9. The van der Waals surface area contributed by atoms with Gasteiger partial charge in [-0.2, -0.15) is 0 Å². The van der Waals surface area contributed by atoms with Gasteiger partial charge in [0.25, 0.3) is 0 Å². The predicted octanol–water partition coefficient (Wildman–Crippen LogP) is 8.70. The Morgan fingerprint density at radius 3 is 1.79 bits per heavy atom. The highest BCUT2D eigenvalue weighted by atomic mass is 16.5. The number of unbranched alkanes of at least 4 members (excludes halogenated alkanes) is 17. The molecular formula is C33H59N2O3+. The van der Waals surface area contributed by atoms with Crippen LogP contribution in [0.2, 0.25) is 0 Å². The van der Waals surface area contributed by atoms with Crippen LogP contribution in [0.1, 0.15) is 129 Å². The summed E-state index contributed by atoms with van der Waals surface area (Å²) in [4.78, 5) is 11.9. The number of aromatic nitrogens is 1. The lowest BCUT2D eigenvalue weighted by Crippen LogP contribution is -2.32.